The summed E-state index contributed by atoms with van der Waals surface area (Å²) in [7, 11) is -4.63. The Morgan fingerprint density at radius 1 is 0.737 bits per heavy atom. The molecule has 0 radical (unpaired) electrons. The zero-order chi connectivity index (χ0) is 27.3. The van der Waals surface area contributed by atoms with E-state index in [2.05, 4.69) is 10.2 Å². The molecule has 5 rings (SSSR count). The van der Waals surface area contributed by atoms with Crippen LogP contribution in [0, 0.1) is 0 Å². The number of hydrogen-bond acceptors (Lipinski definition) is 7. The molecule has 0 N–H and O–H groups in total. The van der Waals surface area contributed by atoms with E-state index in [1.807, 2.05) is 0 Å². The molecule has 2 aromatic carbocycles. The van der Waals surface area contributed by atoms with E-state index in [9.17, 15) is 34.8 Å². The largest absolute Gasteiger partial charge is 0.454 e. The molecule has 0 saturated carbocycles. The fourth-order valence-electron chi connectivity index (χ4n) is 4.09. The first-order chi connectivity index (χ1) is 17.8. The summed E-state index contributed by atoms with van der Waals surface area (Å²) >= 11 is 0. The number of anilines is 1. The fraction of sp³-hybridized carbons (Fsp3) is 0.304. The number of hydrogen-bond donors (Lipinski definition) is 0. The molecule has 2 aliphatic heterocycles. The van der Waals surface area contributed by atoms with Crippen LogP contribution in [0.3, 0.4) is 0 Å². The highest BCUT2D eigenvalue weighted by atomic mass is 32.2. The molecule has 0 unspecified atom stereocenters. The maximum Gasteiger partial charge on any atom is 0.416 e. The van der Waals surface area contributed by atoms with E-state index < -0.39 is 38.4 Å². The molecule has 2 aliphatic rings. The SMILES string of the molecule is O=S(=O)(c1cc(C(F)(F)F)cc(C(F)(F)F)c1)N1CCN(c2ccc(-c3ccc4c(c3)OCO4)nn2)CC1. The molecule has 1 saturated heterocycles. The Morgan fingerprint density at radius 2 is 1.37 bits per heavy atom. The number of alkyl halides is 6. The second kappa shape index (κ2) is 9.31. The first kappa shape index (κ1) is 26.0. The molecule has 1 fully saturated rings. The highest BCUT2D eigenvalue weighted by Crippen LogP contribution is 2.38. The summed E-state index contributed by atoms with van der Waals surface area (Å²) in [5.74, 6) is 1.63. The highest BCUT2D eigenvalue weighted by molar-refractivity contribution is 7.89. The highest BCUT2D eigenvalue weighted by Gasteiger charge is 2.39. The Labute approximate surface area is 212 Å². The number of benzene rings is 2. The van der Waals surface area contributed by atoms with Gasteiger partial charge in [-0.15, -0.1) is 10.2 Å². The van der Waals surface area contributed by atoms with Crippen LogP contribution in [0.4, 0.5) is 32.2 Å². The van der Waals surface area contributed by atoms with Crippen molar-refractivity contribution < 1.29 is 44.2 Å². The number of aromatic nitrogens is 2. The van der Waals surface area contributed by atoms with Crippen LogP contribution in [0.1, 0.15) is 11.1 Å². The average molecular weight is 560 g/mol. The summed E-state index contributed by atoms with van der Waals surface area (Å²) in [5.41, 5.74) is -2.09. The van der Waals surface area contributed by atoms with Crippen LogP contribution >= 0.6 is 0 Å². The van der Waals surface area contributed by atoms with Crippen molar-refractivity contribution in [2.24, 2.45) is 0 Å². The minimum Gasteiger partial charge on any atom is -0.454 e. The molecule has 0 atom stereocenters. The Hall–Kier alpha value is -3.59. The summed E-state index contributed by atoms with van der Waals surface area (Å²) in [4.78, 5) is 0.649. The van der Waals surface area contributed by atoms with Gasteiger partial charge in [0.1, 0.15) is 0 Å². The van der Waals surface area contributed by atoms with Crippen LogP contribution in [-0.2, 0) is 22.4 Å². The van der Waals surface area contributed by atoms with Crippen LogP contribution < -0.4 is 14.4 Å². The predicted octanol–water partition coefficient (Wildman–Crippen LogP) is 4.42. The maximum absolute atomic E-state index is 13.2. The van der Waals surface area contributed by atoms with Gasteiger partial charge >= 0.3 is 12.4 Å². The van der Waals surface area contributed by atoms with Gasteiger partial charge in [0, 0.05) is 31.7 Å². The predicted molar refractivity (Wildman–Crippen MR) is 121 cm³/mol. The van der Waals surface area contributed by atoms with Gasteiger partial charge in [-0.25, -0.2) is 8.42 Å². The second-order valence-electron chi connectivity index (χ2n) is 8.48. The molecular weight excluding hydrogens is 542 g/mol. The number of piperazine rings is 1. The van der Waals surface area contributed by atoms with Gasteiger partial charge in [0.25, 0.3) is 0 Å². The quantitative estimate of drug-likeness (QED) is 0.437. The van der Waals surface area contributed by atoms with Crippen molar-refractivity contribution in [3.8, 4) is 22.8 Å². The van der Waals surface area contributed by atoms with E-state index in [0.29, 0.717) is 23.0 Å². The Balaban J connectivity index is 1.31. The summed E-state index contributed by atoms with van der Waals surface area (Å²) in [6.45, 7) is -0.0237. The summed E-state index contributed by atoms with van der Waals surface area (Å²) in [6, 6.07) is 9.02. The molecule has 8 nitrogen and oxygen atoms in total. The molecule has 0 amide bonds. The molecule has 202 valence electrons. The Morgan fingerprint density at radius 3 is 1.95 bits per heavy atom. The van der Waals surface area contributed by atoms with E-state index in [1.165, 1.54) is 0 Å². The lowest BCUT2D eigenvalue weighted by Gasteiger charge is -2.34. The third-order valence-corrected chi connectivity index (χ3v) is 7.96. The van der Waals surface area contributed by atoms with E-state index in [1.54, 1.807) is 35.2 Å². The number of nitrogens with zero attached hydrogens (tertiary/aromatic N) is 4. The monoisotopic (exact) mass is 560 g/mol. The standard InChI is InChI=1S/C23H18F6N4O4S/c24-22(25,26)15-10-16(23(27,28)29)12-17(11-15)38(34,35)33-7-5-32(6-8-33)21-4-2-18(30-31-21)14-1-3-19-20(9-14)37-13-36-19/h1-4,9-12H,5-8,13H2. The van der Waals surface area contributed by atoms with Crippen molar-refractivity contribution in [3.63, 3.8) is 0 Å². The van der Waals surface area contributed by atoms with E-state index in [4.69, 9.17) is 9.47 Å². The zero-order valence-corrected chi connectivity index (χ0v) is 20.1. The van der Waals surface area contributed by atoms with Gasteiger partial charge < -0.3 is 14.4 Å². The van der Waals surface area contributed by atoms with E-state index in [0.717, 1.165) is 9.87 Å². The third kappa shape index (κ3) is 5.07. The number of fused-ring (bicyclic) bond motifs is 1. The topological polar surface area (TPSA) is 84.9 Å². The van der Waals surface area contributed by atoms with Crippen molar-refractivity contribution in [1.82, 2.24) is 14.5 Å². The normalized spacial score (nSPS) is 16.6. The Bertz CT molecular complexity index is 1420. The lowest BCUT2D eigenvalue weighted by Crippen LogP contribution is -2.49. The molecule has 38 heavy (non-hydrogen) atoms. The van der Waals surface area contributed by atoms with E-state index >= 15 is 0 Å². The summed E-state index contributed by atoms with van der Waals surface area (Å²) in [6.07, 6.45) is -10.3. The van der Waals surface area contributed by atoms with Crippen molar-refractivity contribution in [2.75, 3.05) is 37.9 Å². The van der Waals surface area contributed by atoms with Gasteiger partial charge in [-0.05, 0) is 48.5 Å². The van der Waals surface area contributed by atoms with Crippen molar-refractivity contribution in [1.29, 1.82) is 0 Å². The number of rotatable bonds is 4. The lowest BCUT2D eigenvalue weighted by atomic mass is 10.1. The first-order valence-electron chi connectivity index (χ1n) is 11.1. The summed E-state index contributed by atoms with van der Waals surface area (Å²) in [5, 5.41) is 8.38. The van der Waals surface area contributed by atoms with Gasteiger partial charge in [-0.1, -0.05) is 0 Å². The van der Waals surface area contributed by atoms with Crippen molar-refractivity contribution >= 4 is 15.8 Å². The van der Waals surface area contributed by atoms with Gasteiger partial charge in [-0.3, -0.25) is 0 Å². The van der Waals surface area contributed by atoms with Crippen LogP contribution in [0.2, 0.25) is 0 Å². The molecule has 15 heteroatoms. The number of sulfonamides is 1. The van der Waals surface area contributed by atoms with Gasteiger partial charge in [0.15, 0.2) is 17.3 Å². The number of ether oxygens (including phenoxy) is 2. The minimum absolute atomic E-state index is 0.0996. The molecule has 3 heterocycles. The van der Waals surface area contributed by atoms with Crippen molar-refractivity contribution in [3.05, 3.63) is 59.7 Å². The third-order valence-electron chi connectivity index (χ3n) is 6.08. The molecule has 1 aromatic heterocycles. The van der Waals surface area contributed by atoms with E-state index in [-0.39, 0.29) is 51.2 Å². The van der Waals surface area contributed by atoms with Crippen LogP contribution in [-0.4, -0.2) is 55.9 Å². The fourth-order valence-corrected chi connectivity index (χ4v) is 5.58. The first-order valence-corrected chi connectivity index (χ1v) is 12.5. The molecule has 0 spiro atoms. The molecular formula is C23H18F6N4O4S. The molecule has 0 bridgehead atoms. The van der Waals surface area contributed by atoms with Crippen LogP contribution in [0.25, 0.3) is 11.3 Å². The van der Waals surface area contributed by atoms with Crippen LogP contribution in [0.5, 0.6) is 11.5 Å². The summed E-state index contributed by atoms with van der Waals surface area (Å²) < 4.78 is 117. The minimum atomic E-state index is -5.16. The number of halogens is 6. The second-order valence-corrected chi connectivity index (χ2v) is 10.4. The zero-order valence-electron chi connectivity index (χ0n) is 19.3. The van der Waals surface area contributed by atoms with Gasteiger partial charge in [-0.2, -0.15) is 30.6 Å². The Kier molecular flexibility index (Phi) is 6.38. The maximum atomic E-state index is 13.2. The van der Waals surface area contributed by atoms with Gasteiger partial charge in [0.2, 0.25) is 16.8 Å². The lowest BCUT2D eigenvalue weighted by molar-refractivity contribution is -0.143. The van der Waals surface area contributed by atoms with Crippen LogP contribution in [0.15, 0.2) is 53.4 Å². The molecule has 3 aromatic rings. The smallest absolute Gasteiger partial charge is 0.416 e. The average Bonchev–Trinajstić information content (AvgIpc) is 3.36. The van der Waals surface area contributed by atoms with Gasteiger partial charge in [0.05, 0.1) is 21.7 Å². The molecule has 0 aliphatic carbocycles. The van der Waals surface area contributed by atoms with Crippen molar-refractivity contribution in [2.45, 2.75) is 17.2 Å².